The molecule has 0 bridgehead atoms. The van der Waals surface area contributed by atoms with Crippen LogP contribution in [-0.4, -0.2) is 75.5 Å². The number of carboxylic acid groups (broad SMARTS) is 1. The standard InChI is InChI=1S/C46H75NO7/c1-6-8-10-12-14-16-18-20-22-24-26-28-30-32-34-36-44(48)53-41-42(40-52-39-38-43(46(50)51)47(3,4)5)54-45(49)37-35-33-31-29-27-25-23-21-19-17-15-13-11-9-7-2/h9,11,13-21,23,25,27,42-43H,6-8,10,12,22,24,26,28-41H2,1-5H3/b11-9+,15-13+,16-14+,19-17+,20-18+,23-21+,27-25+. The van der Waals surface area contributed by atoms with Gasteiger partial charge in [0, 0.05) is 19.3 Å². The highest BCUT2D eigenvalue weighted by atomic mass is 16.6. The highest BCUT2D eigenvalue weighted by Gasteiger charge is 2.25. The van der Waals surface area contributed by atoms with Gasteiger partial charge < -0.3 is 28.6 Å². The quantitative estimate of drug-likeness (QED) is 0.0275. The number of unbranched alkanes of at least 4 members (excludes halogenated alkanes) is 12. The van der Waals surface area contributed by atoms with Gasteiger partial charge in [-0.2, -0.15) is 0 Å². The maximum Gasteiger partial charge on any atom is 0.306 e. The Balaban J connectivity index is 4.51. The third kappa shape index (κ3) is 34.3. The third-order valence-electron chi connectivity index (χ3n) is 8.67. The molecule has 0 saturated carbocycles. The minimum absolute atomic E-state index is 0.0139. The Kier molecular flexibility index (Phi) is 34.1. The first kappa shape index (κ1) is 50.5. The van der Waals surface area contributed by atoms with Crippen LogP contribution in [0, 0.1) is 0 Å². The molecule has 306 valence electrons. The number of carbonyl (C=O) groups is 3. The zero-order valence-corrected chi connectivity index (χ0v) is 34.6. The van der Waals surface area contributed by atoms with Crippen LogP contribution in [0.2, 0.25) is 0 Å². The molecular weight excluding hydrogens is 679 g/mol. The first-order chi connectivity index (χ1) is 26.1. The molecule has 0 saturated heterocycles. The number of hydrogen-bond acceptors (Lipinski definition) is 7. The van der Waals surface area contributed by atoms with E-state index in [0.717, 1.165) is 64.2 Å². The van der Waals surface area contributed by atoms with Crippen LogP contribution in [0.1, 0.15) is 136 Å². The molecule has 2 unspecified atom stereocenters. The summed E-state index contributed by atoms with van der Waals surface area (Å²) in [4.78, 5) is 36.8. The summed E-state index contributed by atoms with van der Waals surface area (Å²) in [6.45, 7) is 4.40. The van der Waals surface area contributed by atoms with Crippen molar-refractivity contribution in [3.63, 3.8) is 0 Å². The van der Waals surface area contributed by atoms with Crippen LogP contribution in [0.4, 0.5) is 0 Å². The van der Waals surface area contributed by atoms with Crippen molar-refractivity contribution in [3.8, 4) is 0 Å². The van der Waals surface area contributed by atoms with Crippen molar-refractivity contribution in [2.75, 3.05) is 41.0 Å². The summed E-state index contributed by atoms with van der Waals surface area (Å²) >= 11 is 0. The molecule has 54 heavy (non-hydrogen) atoms. The number of esters is 2. The monoisotopic (exact) mass is 754 g/mol. The maximum atomic E-state index is 12.7. The Morgan fingerprint density at radius 3 is 1.57 bits per heavy atom. The Bertz CT molecular complexity index is 1160. The molecule has 0 aliphatic carbocycles. The Hall–Kier alpha value is -3.49. The number of hydrogen-bond donors (Lipinski definition) is 0. The minimum atomic E-state index is -1.14. The Labute approximate surface area is 329 Å². The molecule has 0 aromatic rings. The molecule has 2 atom stereocenters. The Morgan fingerprint density at radius 1 is 0.574 bits per heavy atom. The van der Waals surface area contributed by atoms with E-state index in [0.29, 0.717) is 12.8 Å². The summed E-state index contributed by atoms with van der Waals surface area (Å²) in [6, 6.07) is -0.740. The minimum Gasteiger partial charge on any atom is -0.544 e. The van der Waals surface area contributed by atoms with Gasteiger partial charge in [-0.05, 0) is 57.8 Å². The molecule has 0 aliphatic heterocycles. The summed E-state index contributed by atoms with van der Waals surface area (Å²) in [5.74, 6) is -1.82. The van der Waals surface area contributed by atoms with Crippen molar-refractivity contribution in [1.29, 1.82) is 0 Å². The second-order valence-electron chi connectivity index (χ2n) is 14.6. The summed E-state index contributed by atoms with van der Waals surface area (Å²) in [7, 11) is 5.37. The summed E-state index contributed by atoms with van der Waals surface area (Å²) < 4.78 is 17.1. The van der Waals surface area contributed by atoms with Crippen LogP contribution in [0.25, 0.3) is 0 Å². The smallest absolute Gasteiger partial charge is 0.306 e. The SMILES string of the molecule is CC/C=C/C=C/C=C/C=C/C=C/CCCCCC(=O)OC(COCCC(C(=O)[O-])[N+](C)(C)C)COC(=O)CCCCCCCC/C=C/C=C/CCCCC. The molecule has 0 aromatic heterocycles. The number of likely N-dealkylation sites (N-methyl/N-ethyl adjacent to an activating group) is 1. The molecule has 8 heteroatoms. The second kappa shape index (κ2) is 36.5. The van der Waals surface area contributed by atoms with Gasteiger partial charge in [-0.1, -0.05) is 144 Å². The fraction of sp³-hybridized carbons (Fsp3) is 0.630. The normalized spacial score (nSPS) is 13.9. The van der Waals surface area contributed by atoms with E-state index >= 15 is 0 Å². The van der Waals surface area contributed by atoms with Crippen LogP contribution < -0.4 is 5.11 Å². The maximum absolute atomic E-state index is 12.7. The number of rotatable bonds is 35. The molecule has 0 aromatic carbocycles. The van der Waals surface area contributed by atoms with Gasteiger partial charge in [-0.15, -0.1) is 0 Å². The van der Waals surface area contributed by atoms with E-state index in [9.17, 15) is 19.5 Å². The summed E-state index contributed by atoms with van der Waals surface area (Å²) in [6.07, 6.45) is 46.0. The summed E-state index contributed by atoms with van der Waals surface area (Å²) in [5, 5.41) is 11.6. The summed E-state index contributed by atoms with van der Waals surface area (Å²) in [5.41, 5.74) is 0. The fourth-order valence-electron chi connectivity index (χ4n) is 5.43. The van der Waals surface area contributed by atoms with E-state index in [4.69, 9.17) is 14.2 Å². The van der Waals surface area contributed by atoms with Gasteiger partial charge in [-0.3, -0.25) is 9.59 Å². The van der Waals surface area contributed by atoms with Crippen molar-refractivity contribution in [3.05, 3.63) is 85.1 Å². The molecule has 0 rings (SSSR count). The van der Waals surface area contributed by atoms with Gasteiger partial charge in [0.1, 0.15) is 12.6 Å². The number of ether oxygens (including phenoxy) is 3. The topological polar surface area (TPSA) is 102 Å². The van der Waals surface area contributed by atoms with Crippen LogP contribution in [0.5, 0.6) is 0 Å². The van der Waals surface area contributed by atoms with E-state index in [1.807, 2.05) is 48.6 Å². The zero-order chi connectivity index (χ0) is 40.0. The number of nitrogens with zero attached hydrogens (tertiary/aromatic N) is 1. The van der Waals surface area contributed by atoms with Crippen molar-refractivity contribution < 1.29 is 38.2 Å². The number of carboxylic acids is 1. The lowest BCUT2D eigenvalue weighted by Gasteiger charge is -2.34. The first-order valence-corrected chi connectivity index (χ1v) is 20.7. The van der Waals surface area contributed by atoms with Crippen LogP contribution >= 0.6 is 0 Å². The van der Waals surface area contributed by atoms with Gasteiger partial charge in [0.05, 0.1) is 40.3 Å². The van der Waals surface area contributed by atoms with E-state index in [1.54, 1.807) is 21.1 Å². The molecule has 0 radical (unpaired) electrons. The Morgan fingerprint density at radius 2 is 1.04 bits per heavy atom. The van der Waals surface area contributed by atoms with E-state index in [-0.39, 0.29) is 49.1 Å². The largest absolute Gasteiger partial charge is 0.544 e. The van der Waals surface area contributed by atoms with Crippen LogP contribution in [-0.2, 0) is 28.6 Å². The zero-order valence-electron chi connectivity index (χ0n) is 34.6. The number of aliphatic carboxylic acids is 1. The van der Waals surface area contributed by atoms with Crippen molar-refractivity contribution in [2.24, 2.45) is 0 Å². The molecule has 0 heterocycles. The number of allylic oxidation sites excluding steroid dienone is 14. The predicted molar refractivity (Wildman–Crippen MR) is 222 cm³/mol. The molecule has 0 fully saturated rings. The van der Waals surface area contributed by atoms with Crippen molar-refractivity contribution in [1.82, 2.24) is 0 Å². The predicted octanol–water partition coefficient (Wildman–Crippen LogP) is 9.63. The lowest BCUT2D eigenvalue weighted by molar-refractivity contribution is -0.889. The van der Waals surface area contributed by atoms with Crippen molar-refractivity contribution >= 4 is 17.9 Å². The molecule has 0 aliphatic rings. The third-order valence-corrected chi connectivity index (χ3v) is 8.67. The van der Waals surface area contributed by atoms with Gasteiger partial charge in [0.25, 0.3) is 0 Å². The number of carbonyl (C=O) groups excluding carboxylic acids is 3. The first-order valence-electron chi connectivity index (χ1n) is 20.7. The average molecular weight is 754 g/mol. The lowest BCUT2D eigenvalue weighted by Crippen LogP contribution is -2.55. The van der Waals surface area contributed by atoms with E-state index < -0.39 is 18.1 Å². The highest BCUT2D eigenvalue weighted by molar-refractivity contribution is 5.70. The van der Waals surface area contributed by atoms with Gasteiger partial charge in [0.15, 0.2) is 6.10 Å². The van der Waals surface area contributed by atoms with Gasteiger partial charge in [-0.25, -0.2) is 0 Å². The van der Waals surface area contributed by atoms with E-state index in [1.165, 1.54) is 32.1 Å². The molecule has 0 spiro atoms. The van der Waals surface area contributed by atoms with Gasteiger partial charge in [0.2, 0.25) is 0 Å². The molecule has 8 nitrogen and oxygen atoms in total. The van der Waals surface area contributed by atoms with Crippen molar-refractivity contribution in [2.45, 2.75) is 148 Å². The molecule has 0 amide bonds. The lowest BCUT2D eigenvalue weighted by atomic mass is 10.1. The second-order valence-corrected chi connectivity index (χ2v) is 14.6. The number of quaternary nitrogens is 1. The fourth-order valence-corrected chi connectivity index (χ4v) is 5.43. The van der Waals surface area contributed by atoms with Crippen LogP contribution in [0.3, 0.4) is 0 Å². The van der Waals surface area contributed by atoms with Gasteiger partial charge >= 0.3 is 11.9 Å². The molecule has 0 N–H and O–H groups in total. The highest BCUT2D eigenvalue weighted by Crippen LogP contribution is 2.12. The average Bonchev–Trinajstić information content (AvgIpc) is 3.12. The molecular formula is C46H75NO7. The van der Waals surface area contributed by atoms with Crippen LogP contribution in [0.15, 0.2) is 85.1 Å². The van der Waals surface area contributed by atoms with E-state index in [2.05, 4.69) is 50.3 Å².